The minimum atomic E-state index is -3.56. The lowest BCUT2D eigenvalue weighted by Crippen LogP contribution is -2.32. The van der Waals surface area contributed by atoms with Crippen LogP contribution in [0.5, 0.6) is 5.75 Å². The minimum absolute atomic E-state index is 0.0534. The van der Waals surface area contributed by atoms with E-state index in [1.54, 1.807) is 43.3 Å². The molecular formula is C26H31FN2O5S. The molecule has 188 valence electrons. The van der Waals surface area contributed by atoms with Gasteiger partial charge in [-0.3, -0.25) is 14.5 Å². The van der Waals surface area contributed by atoms with Gasteiger partial charge < -0.3 is 4.74 Å². The second kappa shape index (κ2) is 10.5. The second-order valence-electron chi connectivity index (χ2n) is 9.32. The van der Waals surface area contributed by atoms with Crippen LogP contribution in [0, 0.1) is 11.7 Å². The lowest BCUT2D eigenvalue weighted by molar-refractivity contribution is 0.0651. The third-order valence-electron chi connectivity index (χ3n) is 6.76. The number of ether oxygens (including phenoxy) is 1. The van der Waals surface area contributed by atoms with Gasteiger partial charge in [0, 0.05) is 19.6 Å². The summed E-state index contributed by atoms with van der Waals surface area (Å²) < 4.78 is 46.8. The number of unbranched alkanes of at least 4 members (excludes halogenated alkanes) is 2. The van der Waals surface area contributed by atoms with E-state index in [1.165, 1.54) is 22.3 Å². The lowest BCUT2D eigenvalue weighted by Gasteiger charge is -2.25. The summed E-state index contributed by atoms with van der Waals surface area (Å²) in [6.45, 7) is 2.50. The smallest absolute Gasteiger partial charge is 0.261 e. The summed E-state index contributed by atoms with van der Waals surface area (Å²) in [5.74, 6) is -0.471. The number of carbonyl (C=O) groups is 2. The molecule has 35 heavy (non-hydrogen) atoms. The number of hydrogen-bond donors (Lipinski definition) is 0. The van der Waals surface area contributed by atoms with E-state index in [9.17, 15) is 22.4 Å². The van der Waals surface area contributed by atoms with Crippen molar-refractivity contribution in [3.63, 3.8) is 0 Å². The van der Waals surface area contributed by atoms with Crippen LogP contribution in [0.3, 0.4) is 0 Å². The molecule has 0 bridgehead atoms. The highest BCUT2D eigenvalue weighted by Gasteiger charge is 2.34. The van der Waals surface area contributed by atoms with E-state index in [0.717, 1.165) is 12.8 Å². The minimum Gasteiger partial charge on any atom is -0.490 e. The van der Waals surface area contributed by atoms with E-state index < -0.39 is 21.9 Å². The number of sulfonamides is 1. The van der Waals surface area contributed by atoms with Gasteiger partial charge in [-0.2, -0.15) is 4.31 Å². The van der Waals surface area contributed by atoms with Crippen LogP contribution in [-0.4, -0.2) is 55.4 Å². The van der Waals surface area contributed by atoms with E-state index in [1.807, 2.05) is 0 Å². The van der Waals surface area contributed by atoms with Crippen LogP contribution in [0.4, 0.5) is 4.39 Å². The Hall–Kier alpha value is -2.78. The molecule has 0 saturated heterocycles. The zero-order valence-corrected chi connectivity index (χ0v) is 20.9. The molecule has 0 aromatic heterocycles. The first-order valence-corrected chi connectivity index (χ1v) is 13.6. The molecule has 0 radical (unpaired) electrons. The van der Waals surface area contributed by atoms with Crippen molar-refractivity contribution in [2.45, 2.75) is 45.1 Å². The van der Waals surface area contributed by atoms with Crippen LogP contribution < -0.4 is 4.74 Å². The van der Waals surface area contributed by atoms with Gasteiger partial charge >= 0.3 is 0 Å². The maximum absolute atomic E-state index is 14.1. The fourth-order valence-electron chi connectivity index (χ4n) is 4.15. The predicted octanol–water partition coefficient (Wildman–Crippen LogP) is 4.40. The number of amides is 2. The topological polar surface area (TPSA) is 84.0 Å². The zero-order valence-electron chi connectivity index (χ0n) is 20.1. The average Bonchev–Trinajstić information content (AvgIpc) is 3.65. The number of benzene rings is 2. The van der Waals surface area contributed by atoms with E-state index in [-0.39, 0.29) is 29.9 Å². The Morgan fingerprint density at radius 2 is 1.71 bits per heavy atom. The predicted molar refractivity (Wildman–Crippen MR) is 130 cm³/mol. The van der Waals surface area contributed by atoms with E-state index >= 15 is 0 Å². The Bertz CT molecular complexity index is 1180. The number of rotatable bonds is 12. The van der Waals surface area contributed by atoms with Gasteiger partial charge in [0.15, 0.2) is 11.6 Å². The summed E-state index contributed by atoms with van der Waals surface area (Å²) in [6.07, 6.45) is 3.68. The van der Waals surface area contributed by atoms with Gasteiger partial charge in [-0.05, 0) is 68.4 Å². The molecule has 1 heterocycles. The number of halogens is 1. The first kappa shape index (κ1) is 25.3. The molecule has 2 aromatic rings. The van der Waals surface area contributed by atoms with Crippen LogP contribution in [0.2, 0.25) is 0 Å². The molecule has 1 aliphatic heterocycles. The molecule has 1 fully saturated rings. The zero-order chi connectivity index (χ0) is 25.2. The average molecular weight is 503 g/mol. The molecule has 1 saturated carbocycles. The van der Waals surface area contributed by atoms with Crippen molar-refractivity contribution >= 4 is 21.8 Å². The Balaban J connectivity index is 1.26. The molecule has 2 amide bonds. The number of fused-ring (bicyclic) bond motifs is 1. The Morgan fingerprint density at radius 1 is 1.06 bits per heavy atom. The Labute approximate surface area is 205 Å². The van der Waals surface area contributed by atoms with Gasteiger partial charge in [-0.1, -0.05) is 24.6 Å². The second-order valence-corrected chi connectivity index (χ2v) is 11.5. The molecule has 1 unspecified atom stereocenters. The Morgan fingerprint density at radius 3 is 2.34 bits per heavy atom. The Kier molecular flexibility index (Phi) is 7.56. The summed E-state index contributed by atoms with van der Waals surface area (Å²) >= 11 is 0. The van der Waals surface area contributed by atoms with Crippen molar-refractivity contribution in [2.75, 3.05) is 26.0 Å². The summed E-state index contributed by atoms with van der Waals surface area (Å²) in [7, 11) is -2.04. The standard InChI is InChI=1S/C26H31FN2O5S/c1-18(20-12-13-23(27)24(16-20)34-17-19-10-11-19)28(2)35(32,33)15-7-3-6-14-29-25(30)21-8-4-5-9-22(21)26(29)31/h4-5,8-9,12-13,16,18-19H,3,6-7,10-11,14-15,17H2,1-2H3. The molecule has 7 nitrogen and oxygen atoms in total. The molecular weight excluding hydrogens is 471 g/mol. The van der Waals surface area contributed by atoms with Crippen molar-refractivity contribution in [1.29, 1.82) is 0 Å². The van der Waals surface area contributed by atoms with Gasteiger partial charge in [-0.15, -0.1) is 0 Å². The number of hydrogen-bond acceptors (Lipinski definition) is 5. The van der Waals surface area contributed by atoms with E-state index in [2.05, 4.69) is 0 Å². The fraction of sp³-hybridized carbons (Fsp3) is 0.462. The highest BCUT2D eigenvalue weighted by molar-refractivity contribution is 7.89. The van der Waals surface area contributed by atoms with Crippen LogP contribution in [-0.2, 0) is 10.0 Å². The third kappa shape index (κ3) is 5.73. The highest BCUT2D eigenvalue weighted by atomic mass is 32.2. The quantitative estimate of drug-likeness (QED) is 0.317. The summed E-state index contributed by atoms with van der Waals surface area (Å²) in [6, 6.07) is 10.7. The third-order valence-corrected chi connectivity index (χ3v) is 8.75. The van der Waals surface area contributed by atoms with Gasteiger partial charge in [-0.25, -0.2) is 12.8 Å². The monoisotopic (exact) mass is 502 g/mol. The fourth-order valence-corrected chi connectivity index (χ4v) is 5.61. The van der Waals surface area contributed by atoms with Crippen molar-refractivity contribution in [1.82, 2.24) is 9.21 Å². The lowest BCUT2D eigenvalue weighted by atomic mass is 10.1. The van der Waals surface area contributed by atoms with Crippen LogP contribution in [0.1, 0.15) is 71.3 Å². The molecule has 2 aromatic carbocycles. The van der Waals surface area contributed by atoms with Crippen LogP contribution in [0.25, 0.3) is 0 Å². The maximum Gasteiger partial charge on any atom is 0.261 e. The normalized spacial score (nSPS) is 16.6. The SMILES string of the molecule is CC(c1ccc(F)c(OCC2CC2)c1)N(C)S(=O)(=O)CCCCCN1C(=O)c2ccccc2C1=O. The highest BCUT2D eigenvalue weighted by Crippen LogP contribution is 2.32. The van der Waals surface area contributed by atoms with Gasteiger partial charge in [0.05, 0.1) is 23.5 Å². The van der Waals surface area contributed by atoms with E-state index in [4.69, 9.17) is 4.74 Å². The van der Waals surface area contributed by atoms with Gasteiger partial charge in [0.1, 0.15) is 0 Å². The van der Waals surface area contributed by atoms with Crippen molar-refractivity contribution in [3.8, 4) is 5.75 Å². The molecule has 0 N–H and O–H groups in total. The first-order chi connectivity index (χ1) is 16.7. The molecule has 1 aliphatic carbocycles. The first-order valence-electron chi connectivity index (χ1n) is 12.0. The largest absolute Gasteiger partial charge is 0.490 e. The maximum atomic E-state index is 14.1. The number of carbonyl (C=O) groups excluding carboxylic acids is 2. The summed E-state index contributed by atoms with van der Waals surface area (Å²) in [5.41, 5.74) is 1.49. The molecule has 1 atom stereocenters. The van der Waals surface area contributed by atoms with Crippen LogP contribution >= 0.6 is 0 Å². The number of nitrogens with zero attached hydrogens (tertiary/aromatic N) is 2. The molecule has 0 spiro atoms. The molecule has 4 rings (SSSR count). The molecule has 9 heteroatoms. The van der Waals surface area contributed by atoms with Crippen LogP contribution in [0.15, 0.2) is 42.5 Å². The van der Waals surface area contributed by atoms with Crippen molar-refractivity contribution < 1.29 is 27.1 Å². The van der Waals surface area contributed by atoms with Crippen molar-refractivity contribution in [3.05, 3.63) is 65.0 Å². The summed E-state index contributed by atoms with van der Waals surface area (Å²) in [5, 5.41) is 0. The van der Waals surface area contributed by atoms with Gasteiger partial charge in [0.2, 0.25) is 10.0 Å². The summed E-state index contributed by atoms with van der Waals surface area (Å²) in [4.78, 5) is 26.1. The molecule has 2 aliphatic rings. The van der Waals surface area contributed by atoms with Crippen molar-refractivity contribution in [2.24, 2.45) is 5.92 Å². The van der Waals surface area contributed by atoms with E-state index in [0.29, 0.717) is 48.5 Å². The van der Waals surface area contributed by atoms with Gasteiger partial charge in [0.25, 0.3) is 11.8 Å². The number of imide groups is 1.